The van der Waals surface area contributed by atoms with Gasteiger partial charge in [-0.3, -0.25) is 9.48 Å². The lowest BCUT2D eigenvalue weighted by atomic mass is 9.94. The van der Waals surface area contributed by atoms with E-state index in [1.54, 1.807) is 6.20 Å². The van der Waals surface area contributed by atoms with Crippen molar-refractivity contribution < 1.29 is 4.79 Å². The molecule has 3 aromatic heterocycles. The molecular formula is C18H20N4OS. The predicted octanol–water partition coefficient (Wildman–Crippen LogP) is 3.36. The highest BCUT2D eigenvalue weighted by atomic mass is 32.1. The quantitative estimate of drug-likeness (QED) is 0.795. The third-order valence-electron chi connectivity index (χ3n) is 4.48. The van der Waals surface area contributed by atoms with E-state index in [1.807, 2.05) is 22.9 Å². The standard InChI is InChI=1S/C18H20N4OS/c1-11(2)22-10-13-5-6-14(9-15(13)21-22)20-17(23)16-8-12-4-3-7-19-18(12)24-16/h3-4,7-8,10-11,14H,5-6,9H2,1-2H3,(H,20,23). The Morgan fingerprint density at radius 1 is 1.46 bits per heavy atom. The molecule has 1 unspecified atom stereocenters. The van der Waals surface area contributed by atoms with Crippen molar-refractivity contribution in [2.75, 3.05) is 0 Å². The Morgan fingerprint density at radius 2 is 2.33 bits per heavy atom. The minimum atomic E-state index is -0.00487. The highest BCUT2D eigenvalue weighted by Crippen LogP contribution is 2.25. The van der Waals surface area contributed by atoms with Gasteiger partial charge in [0, 0.05) is 36.3 Å². The molecule has 1 aliphatic rings. The van der Waals surface area contributed by atoms with Crippen LogP contribution in [0.1, 0.15) is 47.2 Å². The number of carbonyl (C=O) groups excluding carboxylic acids is 1. The van der Waals surface area contributed by atoms with Crippen LogP contribution in [-0.4, -0.2) is 26.7 Å². The summed E-state index contributed by atoms with van der Waals surface area (Å²) >= 11 is 1.44. The number of nitrogens with one attached hydrogen (secondary N) is 1. The number of amides is 1. The highest BCUT2D eigenvalue weighted by molar-refractivity contribution is 7.20. The molecule has 6 heteroatoms. The lowest BCUT2D eigenvalue weighted by Gasteiger charge is -2.22. The van der Waals surface area contributed by atoms with Gasteiger partial charge in [-0.15, -0.1) is 11.3 Å². The molecule has 1 atom stereocenters. The summed E-state index contributed by atoms with van der Waals surface area (Å²) in [6.45, 7) is 4.26. The van der Waals surface area contributed by atoms with Crippen LogP contribution in [0.4, 0.5) is 0 Å². The number of aromatic nitrogens is 3. The summed E-state index contributed by atoms with van der Waals surface area (Å²) < 4.78 is 2.02. The van der Waals surface area contributed by atoms with Crippen LogP contribution in [-0.2, 0) is 12.8 Å². The van der Waals surface area contributed by atoms with Gasteiger partial charge in [0.05, 0.1) is 10.6 Å². The molecule has 1 amide bonds. The Kier molecular flexibility index (Phi) is 3.84. The van der Waals surface area contributed by atoms with Crippen LogP contribution in [0.5, 0.6) is 0 Å². The third kappa shape index (κ3) is 2.82. The normalized spacial score (nSPS) is 17.2. The summed E-state index contributed by atoms with van der Waals surface area (Å²) in [5, 5.41) is 8.87. The molecule has 0 aromatic carbocycles. The van der Waals surface area contributed by atoms with Crippen LogP contribution < -0.4 is 5.32 Å². The Morgan fingerprint density at radius 3 is 3.12 bits per heavy atom. The van der Waals surface area contributed by atoms with Gasteiger partial charge < -0.3 is 5.32 Å². The van der Waals surface area contributed by atoms with E-state index in [2.05, 4.69) is 35.4 Å². The molecule has 0 fully saturated rings. The molecule has 3 aromatic rings. The molecule has 0 saturated heterocycles. The summed E-state index contributed by atoms with van der Waals surface area (Å²) in [5.41, 5.74) is 2.44. The number of carbonyl (C=O) groups is 1. The Hall–Kier alpha value is -2.21. The minimum Gasteiger partial charge on any atom is -0.348 e. The zero-order valence-electron chi connectivity index (χ0n) is 13.8. The lowest BCUT2D eigenvalue weighted by Crippen LogP contribution is -2.38. The van der Waals surface area contributed by atoms with Crippen molar-refractivity contribution in [3.63, 3.8) is 0 Å². The molecule has 124 valence electrons. The molecule has 4 rings (SSSR count). The molecule has 0 saturated carbocycles. The van der Waals surface area contributed by atoms with Crippen molar-refractivity contribution in [2.45, 2.75) is 45.2 Å². The van der Waals surface area contributed by atoms with Crippen molar-refractivity contribution in [1.29, 1.82) is 0 Å². The average molecular weight is 340 g/mol. The summed E-state index contributed by atoms with van der Waals surface area (Å²) in [7, 11) is 0. The number of rotatable bonds is 3. The second kappa shape index (κ2) is 6.02. The predicted molar refractivity (Wildman–Crippen MR) is 95.5 cm³/mol. The SMILES string of the molecule is CC(C)n1cc2c(n1)CC(NC(=O)c1cc3cccnc3s1)CC2. The molecule has 0 bridgehead atoms. The Labute approximate surface area is 144 Å². The number of nitrogens with zero attached hydrogens (tertiary/aromatic N) is 3. The fourth-order valence-electron chi connectivity index (χ4n) is 3.14. The van der Waals surface area contributed by atoms with Crippen LogP contribution in [0, 0.1) is 0 Å². The molecule has 1 aliphatic carbocycles. The highest BCUT2D eigenvalue weighted by Gasteiger charge is 2.24. The van der Waals surface area contributed by atoms with Crippen LogP contribution >= 0.6 is 11.3 Å². The topological polar surface area (TPSA) is 59.8 Å². The zero-order chi connectivity index (χ0) is 16.7. The van der Waals surface area contributed by atoms with Crippen molar-refractivity contribution in [3.05, 3.63) is 46.7 Å². The van der Waals surface area contributed by atoms with E-state index in [1.165, 1.54) is 16.9 Å². The molecule has 1 N–H and O–H groups in total. The van der Waals surface area contributed by atoms with E-state index in [9.17, 15) is 4.79 Å². The van der Waals surface area contributed by atoms with E-state index < -0.39 is 0 Å². The van der Waals surface area contributed by atoms with Crippen LogP contribution in [0.25, 0.3) is 10.2 Å². The van der Waals surface area contributed by atoms with Crippen LogP contribution in [0.2, 0.25) is 0 Å². The molecular weight excluding hydrogens is 320 g/mol. The first-order valence-electron chi connectivity index (χ1n) is 8.32. The Balaban J connectivity index is 1.48. The first-order valence-corrected chi connectivity index (χ1v) is 9.14. The maximum Gasteiger partial charge on any atom is 0.261 e. The van der Waals surface area contributed by atoms with E-state index in [0.717, 1.165) is 40.1 Å². The fraction of sp³-hybridized carbons (Fsp3) is 0.389. The van der Waals surface area contributed by atoms with Crippen molar-refractivity contribution >= 4 is 27.5 Å². The minimum absolute atomic E-state index is 0.00487. The van der Waals surface area contributed by atoms with Gasteiger partial charge in [-0.2, -0.15) is 5.10 Å². The zero-order valence-corrected chi connectivity index (χ0v) is 14.6. The van der Waals surface area contributed by atoms with Gasteiger partial charge in [0.15, 0.2) is 0 Å². The molecule has 3 heterocycles. The monoisotopic (exact) mass is 340 g/mol. The van der Waals surface area contributed by atoms with Gasteiger partial charge >= 0.3 is 0 Å². The molecule has 24 heavy (non-hydrogen) atoms. The fourth-order valence-corrected chi connectivity index (χ4v) is 4.05. The summed E-state index contributed by atoms with van der Waals surface area (Å²) in [6.07, 6.45) is 6.65. The van der Waals surface area contributed by atoms with Gasteiger partial charge in [0.2, 0.25) is 0 Å². The van der Waals surface area contributed by atoms with Gasteiger partial charge in [-0.05, 0) is 44.4 Å². The second-order valence-corrected chi connectivity index (χ2v) is 7.63. The summed E-state index contributed by atoms with van der Waals surface area (Å²) in [5.74, 6) is -0.00487. The third-order valence-corrected chi connectivity index (χ3v) is 5.54. The number of fused-ring (bicyclic) bond motifs is 2. The molecule has 0 radical (unpaired) electrons. The first-order chi connectivity index (χ1) is 11.6. The maximum atomic E-state index is 12.6. The number of thiophene rings is 1. The number of pyridine rings is 1. The smallest absolute Gasteiger partial charge is 0.261 e. The van der Waals surface area contributed by atoms with E-state index >= 15 is 0 Å². The average Bonchev–Trinajstić information content (AvgIpc) is 3.18. The van der Waals surface area contributed by atoms with E-state index in [0.29, 0.717) is 6.04 Å². The number of hydrogen-bond acceptors (Lipinski definition) is 4. The number of hydrogen-bond donors (Lipinski definition) is 1. The summed E-state index contributed by atoms with van der Waals surface area (Å²) in [4.78, 5) is 18.5. The Bertz CT molecular complexity index is 862. The summed E-state index contributed by atoms with van der Waals surface area (Å²) in [6, 6.07) is 6.32. The molecule has 0 spiro atoms. The van der Waals surface area contributed by atoms with Gasteiger partial charge in [0.25, 0.3) is 5.91 Å². The maximum absolute atomic E-state index is 12.6. The molecule has 5 nitrogen and oxygen atoms in total. The van der Waals surface area contributed by atoms with Gasteiger partial charge in [0.1, 0.15) is 4.83 Å². The number of aryl methyl sites for hydroxylation is 1. The largest absolute Gasteiger partial charge is 0.348 e. The van der Waals surface area contributed by atoms with E-state index in [4.69, 9.17) is 0 Å². The van der Waals surface area contributed by atoms with Crippen molar-refractivity contribution in [1.82, 2.24) is 20.1 Å². The lowest BCUT2D eigenvalue weighted by molar-refractivity contribution is 0.0937. The first kappa shape index (κ1) is 15.3. The van der Waals surface area contributed by atoms with Gasteiger partial charge in [-0.1, -0.05) is 6.07 Å². The second-order valence-electron chi connectivity index (χ2n) is 6.60. The van der Waals surface area contributed by atoms with Gasteiger partial charge in [-0.25, -0.2) is 4.98 Å². The van der Waals surface area contributed by atoms with E-state index in [-0.39, 0.29) is 11.9 Å². The van der Waals surface area contributed by atoms with Crippen LogP contribution in [0.3, 0.4) is 0 Å². The van der Waals surface area contributed by atoms with Crippen molar-refractivity contribution in [2.24, 2.45) is 0 Å². The van der Waals surface area contributed by atoms with Crippen LogP contribution in [0.15, 0.2) is 30.6 Å². The molecule has 0 aliphatic heterocycles. The van der Waals surface area contributed by atoms with Crippen molar-refractivity contribution in [3.8, 4) is 0 Å².